The predicted molar refractivity (Wildman–Crippen MR) is 56.5 cm³/mol. The first kappa shape index (κ1) is 18.0. The molecule has 0 saturated heterocycles. The largest absolute Gasteiger partial charge is 0.507 e. The first-order valence-electron chi connectivity index (χ1n) is 4.69. The van der Waals surface area contributed by atoms with Crippen LogP contribution >= 0.6 is 7.60 Å². The van der Waals surface area contributed by atoms with Gasteiger partial charge in [0.25, 0.3) is 5.34 Å². The molecule has 1 atom stereocenters. The molecule has 0 aromatic heterocycles. The zero-order valence-electron chi connectivity index (χ0n) is 9.66. The van der Waals surface area contributed by atoms with E-state index in [0.717, 1.165) is 0 Å². The van der Waals surface area contributed by atoms with E-state index in [1.165, 1.54) is 0 Å². The number of hydrogen-bond donors (Lipinski definition) is 5. The summed E-state index contributed by atoms with van der Waals surface area (Å²) in [4.78, 5) is 49.0. The van der Waals surface area contributed by atoms with E-state index >= 15 is 0 Å². The minimum atomic E-state index is -5.34. The van der Waals surface area contributed by atoms with Gasteiger partial charge in [-0.05, 0) is 0 Å². The highest BCUT2D eigenvalue weighted by Crippen LogP contribution is 2.53. The molecular formula is C7H11O12P. The molecule has 0 aromatic rings. The molecule has 0 saturated carbocycles. The molecule has 0 aliphatic heterocycles. The average Bonchev–Trinajstić information content (AvgIpc) is 2.22. The lowest BCUT2D eigenvalue weighted by Gasteiger charge is -2.31. The molecule has 0 heterocycles. The minimum absolute atomic E-state index is 0.850. The van der Waals surface area contributed by atoms with E-state index < -0.39 is 51.0 Å². The van der Waals surface area contributed by atoms with Gasteiger partial charge in [0.05, 0.1) is 6.61 Å². The standard InChI is InChI=1S/C7H11O12P/c8-4(9)17-2-1-7(19-6(12)13,20(14,15)16)3-18-5(10)11/h1-3H2,(H,8,9)(H,10,11)(H,12,13)(H2,14,15,16). The van der Waals surface area contributed by atoms with Crippen molar-refractivity contribution in [2.24, 2.45) is 0 Å². The number of carbonyl (C=O) groups is 3. The maximum absolute atomic E-state index is 11.3. The third-order valence-corrected chi connectivity index (χ3v) is 3.45. The zero-order chi connectivity index (χ0) is 16.0. The molecule has 0 spiro atoms. The van der Waals surface area contributed by atoms with E-state index in [-0.39, 0.29) is 0 Å². The molecule has 12 nitrogen and oxygen atoms in total. The van der Waals surface area contributed by atoms with Crippen LogP contribution in [0.4, 0.5) is 14.4 Å². The van der Waals surface area contributed by atoms with Gasteiger partial charge in [0, 0.05) is 6.42 Å². The summed E-state index contributed by atoms with van der Waals surface area (Å²) in [6.07, 6.45) is -6.77. The lowest BCUT2D eigenvalue weighted by Crippen LogP contribution is -2.41. The molecule has 0 bridgehead atoms. The molecule has 5 N–H and O–H groups in total. The Labute approximate surface area is 110 Å². The van der Waals surface area contributed by atoms with E-state index in [4.69, 9.17) is 25.1 Å². The topological polar surface area (TPSA) is 197 Å². The van der Waals surface area contributed by atoms with Crippen molar-refractivity contribution < 1.29 is 58.3 Å². The molecule has 0 aliphatic carbocycles. The second-order valence-corrected chi connectivity index (χ2v) is 5.18. The van der Waals surface area contributed by atoms with Gasteiger partial charge in [0.1, 0.15) is 6.61 Å². The van der Waals surface area contributed by atoms with Gasteiger partial charge in [-0.3, -0.25) is 4.57 Å². The van der Waals surface area contributed by atoms with E-state index in [9.17, 15) is 18.9 Å². The fraction of sp³-hybridized carbons (Fsp3) is 0.571. The van der Waals surface area contributed by atoms with Gasteiger partial charge < -0.3 is 39.3 Å². The molecule has 0 radical (unpaired) electrons. The molecule has 116 valence electrons. The van der Waals surface area contributed by atoms with Crippen LogP contribution in [-0.2, 0) is 18.8 Å². The summed E-state index contributed by atoms with van der Waals surface area (Å²) in [6.45, 7) is -2.18. The Morgan fingerprint density at radius 1 is 0.950 bits per heavy atom. The van der Waals surface area contributed by atoms with Crippen LogP contribution in [0.2, 0.25) is 0 Å². The summed E-state index contributed by atoms with van der Waals surface area (Å²) in [5.74, 6) is 0. The van der Waals surface area contributed by atoms with Crippen molar-refractivity contribution in [3.8, 4) is 0 Å². The monoisotopic (exact) mass is 318 g/mol. The Kier molecular flexibility index (Phi) is 6.23. The Balaban J connectivity index is 5.20. The summed E-state index contributed by atoms with van der Waals surface area (Å²) < 4.78 is 23.2. The van der Waals surface area contributed by atoms with Crippen LogP contribution in [0.1, 0.15) is 6.42 Å². The van der Waals surface area contributed by atoms with Crippen LogP contribution in [0.15, 0.2) is 0 Å². The fourth-order valence-corrected chi connectivity index (χ4v) is 1.89. The summed E-state index contributed by atoms with van der Waals surface area (Å²) in [6, 6.07) is 0. The van der Waals surface area contributed by atoms with Gasteiger partial charge in [0.2, 0.25) is 0 Å². The van der Waals surface area contributed by atoms with Gasteiger partial charge in [0.15, 0.2) is 0 Å². The van der Waals surface area contributed by atoms with Crippen molar-refractivity contribution in [3.05, 3.63) is 0 Å². The molecule has 0 aromatic carbocycles. The maximum atomic E-state index is 11.3. The number of rotatable bonds is 7. The Morgan fingerprint density at radius 3 is 1.80 bits per heavy atom. The highest BCUT2D eigenvalue weighted by molar-refractivity contribution is 7.53. The first-order valence-corrected chi connectivity index (χ1v) is 6.30. The van der Waals surface area contributed by atoms with Crippen molar-refractivity contribution in [2.45, 2.75) is 11.8 Å². The van der Waals surface area contributed by atoms with E-state index in [2.05, 4.69) is 14.2 Å². The second kappa shape index (κ2) is 6.93. The molecular weight excluding hydrogens is 307 g/mol. The van der Waals surface area contributed by atoms with Crippen LogP contribution < -0.4 is 0 Å². The molecule has 0 aliphatic rings. The van der Waals surface area contributed by atoms with Crippen LogP contribution in [0.25, 0.3) is 0 Å². The Morgan fingerprint density at radius 2 is 1.45 bits per heavy atom. The molecule has 0 rings (SSSR count). The maximum Gasteiger partial charge on any atom is 0.507 e. The van der Waals surface area contributed by atoms with Gasteiger partial charge in [-0.1, -0.05) is 0 Å². The van der Waals surface area contributed by atoms with Gasteiger partial charge in [-0.25, -0.2) is 14.4 Å². The zero-order valence-corrected chi connectivity index (χ0v) is 10.6. The van der Waals surface area contributed by atoms with Gasteiger partial charge in [-0.15, -0.1) is 0 Å². The van der Waals surface area contributed by atoms with E-state index in [1.54, 1.807) is 0 Å². The van der Waals surface area contributed by atoms with Crippen molar-refractivity contribution in [3.63, 3.8) is 0 Å². The van der Waals surface area contributed by atoms with Crippen molar-refractivity contribution >= 4 is 26.1 Å². The summed E-state index contributed by atoms with van der Waals surface area (Å²) in [5.41, 5.74) is 0. The van der Waals surface area contributed by atoms with Crippen LogP contribution in [0.5, 0.6) is 0 Å². The summed E-state index contributed by atoms with van der Waals surface area (Å²) in [5, 5.41) is 22.1. The smallest absolute Gasteiger partial charge is 0.450 e. The second-order valence-electron chi connectivity index (χ2n) is 3.28. The molecule has 1 unspecified atom stereocenters. The normalized spacial score (nSPS) is 13.9. The van der Waals surface area contributed by atoms with Crippen LogP contribution in [-0.4, -0.2) is 62.1 Å². The Bertz CT molecular complexity index is 426. The van der Waals surface area contributed by atoms with E-state index in [0.29, 0.717) is 0 Å². The lowest BCUT2D eigenvalue weighted by atomic mass is 10.2. The van der Waals surface area contributed by atoms with Crippen LogP contribution in [0.3, 0.4) is 0 Å². The average molecular weight is 318 g/mol. The molecule has 0 amide bonds. The fourth-order valence-electron chi connectivity index (χ4n) is 1.08. The Hall–Kier alpha value is -2.04. The van der Waals surface area contributed by atoms with Crippen molar-refractivity contribution in [1.82, 2.24) is 0 Å². The number of ether oxygens (including phenoxy) is 3. The molecule has 13 heteroatoms. The third kappa shape index (κ3) is 5.73. The van der Waals surface area contributed by atoms with Crippen molar-refractivity contribution in [2.75, 3.05) is 13.2 Å². The lowest BCUT2D eigenvalue weighted by molar-refractivity contribution is -0.0415. The van der Waals surface area contributed by atoms with Gasteiger partial charge >= 0.3 is 26.1 Å². The minimum Gasteiger partial charge on any atom is -0.450 e. The molecule has 20 heavy (non-hydrogen) atoms. The highest BCUT2D eigenvalue weighted by atomic mass is 31.2. The quantitative estimate of drug-likeness (QED) is 0.245. The summed E-state index contributed by atoms with van der Waals surface area (Å²) in [7, 11) is -5.34. The number of carboxylic acid groups (broad SMARTS) is 3. The third-order valence-electron chi connectivity index (χ3n) is 1.95. The van der Waals surface area contributed by atoms with E-state index in [1.807, 2.05) is 0 Å². The van der Waals surface area contributed by atoms with Crippen LogP contribution in [0, 0.1) is 0 Å². The van der Waals surface area contributed by atoms with Crippen molar-refractivity contribution in [1.29, 1.82) is 0 Å². The summed E-state index contributed by atoms with van der Waals surface area (Å²) >= 11 is 0. The highest BCUT2D eigenvalue weighted by Gasteiger charge is 2.52. The SMILES string of the molecule is O=C(O)OCCC(COC(=O)O)(OC(=O)O)P(=O)(O)O. The predicted octanol–water partition coefficient (Wildman–Crippen LogP) is 0.334. The number of hydrogen-bond acceptors (Lipinski definition) is 7. The molecule has 0 fully saturated rings. The van der Waals surface area contributed by atoms with Gasteiger partial charge in [-0.2, -0.15) is 0 Å². The first-order chi connectivity index (χ1) is 9.00.